The molecule has 0 aliphatic heterocycles. The van der Waals surface area contributed by atoms with Crippen molar-refractivity contribution in [1.29, 1.82) is 0 Å². The number of nitrogens with zero attached hydrogens (tertiary/aromatic N) is 8. The highest BCUT2D eigenvalue weighted by atomic mass is 16.6. The van der Waals surface area contributed by atoms with E-state index in [0.29, 0.717) is 56.7 Å². The van der Waals surface area contributed by atoms with E-state index in [9.17, 15) is 19.2 Å². The Morgan fingerprint density at radius 3 is 1.29 bits per heavy atom. The predicted molar refractivity (Wildman–Crippen MR) is 216 cm³/mol. The van der Waals surface area contributed by atoms with E-state index in [2.05, 4.69) is 53.7 Å². The van der Waals surface area contributed by atoms with Gasteiger partial charge in [0.05, 0.1) is 12.8 Å². The minimum absolute atomic E-state index is 0.0121. The molecule has 63 heavy (non-hydrogen) atoms. The molecule has 7 rings (SSSR count). The van der Waals surface area contributed by atoms with E-state index in [-0.39, 0.29) is 75.7 Å². The Morgan fingerprint density at radius 1 is 0.508 bits per heavy atom. The number of esters is 4. The lowest BCUT2D eigenvalue weighted by Gasteiger charge is -2.03. The number of carbonyl (C=O) groups is 4. The van der Waals surface area contributed by atoms with Crippen molar-refractivity contribution in [3.8, 4) is 68.5 Å². The Kier molecular flexibility index (Phi) is 13.7. The number of aryl methyl sites for hydroxylation is 3. The number of aromatic nitrogens is 8. The Hall–Kier alpha value is -8.42. The van der Waals surface area contributed by atoms with Crippen LogP contribution < -0.4 is 0 Å². The molecule has 20 nitrogen and oxygen atoms in total. The van der Waals surface area contributed by atoms with E-state index < -0.39 is 23.9 Å². The SMILES string of the molecule is C=CC(=O)OCCOC(=O)CCc1nc(-c2cccc(-c3noc(-c4cc(C)cc(-c5nc(-c6cccc(-c7noc(CCC(=O)OCCOC(=O)C=C)n7)c6)no5)c4)n3)c2)no1. The highest BCUT2D eigenvalue weighted by molar-refractivity contribution is 5.81. The van der Waals surface area contributed by atoms with Gasteiger partial charge in [-0.3, -0.25) is 9.59 Å². The first-order valence-corrected chi connectivity index (χ1v) is 19.2. The average Bonchev–Trinajstić information content (AvgIpc) is 4.16. The molecule has 0 atom stereocenters. The third-order valence-corrected chi connectivity index (χ3v) is 8.72. The highest BCUT2D eigenvalue weighted by Gasteiger charge is 2.19. The van der Waals surface area contributed by atoms with Crippen LogP contribution in [-0.2, 0) is 51.0 Å². The fourth-order valence-corrected chi connectivity index (χ4v) is 5.76. The van der Waals surface area contributed by atoms with Gasteiger partial charge in [-0.05, 0) is 42.8 Å². The molecule has 0 amide bonds. The van der Waals surface area contributed by atoms with Crippen molar-refractivity contribution in [3.05, 3.63) is 109 Å². The summed E-state index contributed by atoms with van der Waals surface area (Å²) in [4.78, 5) is 64.4. The quantitative estimate of drug-likeness (QED) is 0.0372. The summed E-state index contributed by atoms with van der Waals surface area (Å²) in [6, 6.07) is 19.9. The number of ether oxygens (including phenoxy) is 4. The zero-order valence-corrected chi connectivity index (χ0v) is 33.6. The van der Waals surface area contributed by atoms with E-state index in [0.717, 1.165) is 17.7 Å². The summed E-state index contributed by atoms with van der Waals surface area (Å²) in [6.07, 6.45) is 2.32. The van der Waals surface area contributed by atoms with Crippen molar-refractivity contribution >= 4 is 23.9 Å². The van der Waals surface area contributed by atoms with Crippen LogP contribution in [0.2, 0.25) is 0 Å². The molecule has 0 saturated carbocycles. The van der Waals surface area contributed by atoms with Crippen molar-refractivity contribution in [1.82, 2.24) is 40.6 Å². The molecule has 0 N–H and O–H groups in total. The van der Waals surface area contributed by atoms with Crippen molar-refractivity contribution < 1.29 is 56.2 Å². The monoisotopic (exact) mass is 856 g/mol. The number of hydrogen-bond acceptors (Lipinski definition) is 20. The third kappa shape index (κ3) is 11.4. The Labute approximate surface area is 356 Å². The predicted octanol–water partition coefficient (Wildman–Crippen LogP) is 5.94. The maximum atomic E-state index is 12.1. The van der Waals surface area contributed by atoms with Gasteiger partial charge in [-0.1, -0.05) is 70.2 Å². The zero-order chi connectivity index (χ0) is 44.1. The molecular formula is C43H36N8O12. The van der Waals surface area contributed by atoms with Gasteiger partial charge in [0.15, 0.2) is 0 Å². The first kappa shape index (κ1) is 42.7. The number of rotatable bonds is 20. The highest BCUT2D eigenvalue weighted by Crippen LogP contribution is 2.31. The Morgan fingerprint density at radius 2 is 0.873 bits per heavy atom. The molecule has 7 aromatic rings. The summed E-state index contributed by atoms with van der Waals surface area (Å²) < 4.78 is 41.7. The van der Waals surface area contributed by atoms with Gasteiger partial charge in [0.1, 0.15) is 26.4 Å². The summed E-state index contributed by atoms with van der Waals surface area (Å²) in [7, 11) is 0. The van der Waals surface area contributed by atoms with Crippen LogP contribution in [0.15, 0.2) is 110 Å². The standard InChI is InChI=1S/C43H36N8O12/c1-4-34(52)56-16-18-58-36(54)14-12-32-44-38(48-60-32)26-8-6-10-28(22-26)40-46-42(62-50-40)30-20-25(3)21-31(24-30)43-47-41(51-63-43)29-11-7-9-27(23-29)39-45-33(61-49-39)13-15-37(55)59-19-17-57-35(53)5-2/h4-11,20-24H,1-2,12-19H2,3H3. The van der Waals surface area contributed by atoms with Crippen LogP contribution >= 0.6 is 0 Å². The molecule has 0 saturated heterocycles. The maximum absolute atomic E-state index is 12.1. The third-order valence-electron chi connectivity index (χ3n) is 8.72. The van der Waals surface area contributed by atoms with E-state index in [1.54, 1.807) is 42.5 Å². The summed E-state index contributed by atoms with van der Waals surface area (Å²) in [5.41, 5.74) is 4.62. The van der Waals surface area contributed by atoms with Gasteiger partial charge in [0, 0.05) is 58.4 Å². The van der Waals surface area contributed by atoms with E-state index in [4.69, 9.17) is 37.0 Å². The van der Waals surface area contributed by atoms with Crippen LogP contribution in [0.25, 0.3) is 68.5 Å². The van der Waals surface area contributed by atoms with Crippen molar-refractivity contribution in [2.75, 3.05) is 26.4 Å². The molecule has 0 aliphatic rings. The molecule has 20 heteroatoms. The molecule has 3 aromatic carbocycles. The first-order chi connectivity index (χ1) is 30.6. The maximum Gasteiger partial charge on any atom is 0.330 e. The average molecular weight is 857 g/mol. The fraction of sp³-hybridized carbons (Fsp3) is 0.209. The van der Waals surface area contributed by atoms with Gasteiger partial charge in [-0.25, -0.2) is 9.59 Å². The van der Waals surface area contributed by atoms with Gasteiger partial charge < -0.3 is 37.0 Å². The van der Waals surface area contributed by atoms with Gasteiger partial charge in [0.2, 0.25) is 35.1 Å². The lowest BCUT2D eigenvalue weighted by Crippen LogP contribution is -2.13. The zero-order valence-electron chi connectivity index (χ0n) is 33.6. The number of benzene rings is 3. The molecule has 4 heterocycles. The van der Waals surface area contributed by atoms with E-state index >= 15 is 0 Å². The van der Waals surface area contributed by atoms with Crippen molar-refractivity contribution in [3.63, 3.8) is 0 Å². The van der Waals surface area contributed by atoms with E-state index in [1.807, 2.05) is 31.2 Å². The van der Waals surface area contributed by atoms with E-state index in [1.165, 1.54) is 0 Å². The molecule has 320 valence electrons. The van der Waals surface area contributed by atoms with Gasteiger partial charge in [-0.15, -0.1) is 0 Å². The van der Waals surface area contributed by atoms with Crippen LogP contribution in [0, 0.1) is 6.92 Å². The van der Waals surface area contributed by atoms with Crippen LogP contribution in [0.3, 0.4) is 0 Å². The Balaban J connectivity index is 0.965. The fourth-order valence-electron chi connectivity index (χ4n) is 5.76. The minimum Gasteiger partial charge on any atom is -0.462 e. The summed E-state index contributed by atoms with van der Waals surface area (Å²) in [6.45, 7) is 8.19. The lowest BCUT2D eigenvalue weighted by atomic mass is 10.1. The van der Waals surface area contributed by atoms with Gasteiger partial charge >= 0.3 is 23.9 Å². The summed E-state index contributed by atoms with van der Waals surface area (Å²) in [5.74, 6) is -0.0104. The molecule has 0 fully saturated rings. The second-order valence-electron chi connectivity index (χ2n) is 13.3. The van der Waals surface area contributed by atoms with Gasteiger partial charge in [-0.2, -0.15) is 19.9 Å². The number of carbonyl (C=O) groups excluding carboxylic acids is 4. The second-order valence-corrected chi connectivity index (χ2v) is 13.3. The van der Waals surface area contributed by atoms with Crippen molar-refractivity contribution in [2.45, 2.75) is 32.6 Å². The van der Waals surface area contributed by atoms with Gasteiger partial charge in [0.25, 0.3) is 11.8 Å². The topological polar surface area (TPSA) is 261 Å². The van der Waals surface area contributed by atoms with Crippen molar-refractivity contribution in [2.24, 2.45) is 0 Å². The van der Waals surface area contributed by atoms with Crippen LogP contribution in [-0.4, -0.2) is 90.9 Å². The molecule has 0 radical (unpaired) electrons. The largest absolute Gasteiger partial charge is 0.462 e. The summed E-state index contributed by atoms with van der Waals surface area (Å²) >= 11 is 0. The lowest BCUT2D eigenvalue weighted by molar-refractivity contribution is -0.149. The van der Waals surface area contributed by atoms with Crippen LogP contribution in [0.5, 0.6) is 0 Å². The second kappa shape index (κ2) is 20.2. The van der Waals surface area contributed by atoms with Crippen LogP contribution in [0.4, 0.5) is 0 Å². The summed E-state index contributed by atoms with van der Waals surface area (Å²) in [5, 5.41) is 16.5. The number of hydrogen-bond donors (Lipinski definition) is 0. The molecule has 0 aliphatic carbocycles. The molecule has 4 aromatic heterocycles. The normalized spacial score (nSPS) is 10.9. The molecule has 0 bridgehead atoms. The van der Waals surface area contributed by atoms with Crippen LogP contribution in [0.1, 0.15) is 30.2 Å². The smallest absolute Gasteiger partial charge is 0.330 e. The molecule has 0 unspecified atom stereocenters. The Bertz CT molecular complexity index is 2590. The minimum atomic E-state index is -0.602. The molecule has 0 spiro atoms. The molecular weight excluding hydrogens is 821 g/mol. The first-order valence-electron chi connectivity index (χ1n) is 19.2.